The van der Waals surface area contributed by atoms with E-state index < -0.39 is 11.7 Å². The van der Waals surface area contributed by atoms with Crippen LogP contribution in [-0.4, -0.2) is 34.5 Å². The highest BCUT2D eigenvalue weighted by molar-refractivity contribution is 6.16. The molecule has 0 spiro atoms. The van der Waals surface area contributed by atoms with E-state index in [1.165, 1.54) is 15.5 Å². The Kier molecular flexibility index (Phi) is 4.13. The average molecular weight is 320 g/mol. The molecule has 0 fully saturated rings. The fourth-order valence-electron chi connectivity index (χ4n) is 1.91. The molecular formula is C13H13ClF3N3O. The van der Waals surface area contributed by atoms with Crippen LogP contribution in [0.2, 0.25) is 0 Å². The molecule has 21 heavy (non-hydrogen) atoms. The molecular weight excluding hydrogens is 307 g/mol. The van der Waals surface area contributed by atoms with Crippen molar-refractivity contribution in [1.29, 1.82) is 0 Å². The van der Waals surface area contributed by atoms with Gasteiger partial charge in [0.1, 0.15) is 12.4 Å². The van der Waals surface area contributed by atoms with Gasteiger partial charge in [-0.15, -0.1) is 11.6 Å². The Morgan fingerprint density at radius 3 is 2.57 bits per heavy atom. The number of fused-ring (bicyclic) bond motifs is 1. The molecule has 0 aliphatic heterocycles. The van der Waals surface area contributed by atoms with Crippen molar-refractivity contribution in [2.75, 3.05) is 14.1 Å². The summed E-state index contributed by atoms with van der Waals surface area (Å²) >= 11 is 5.77. The Balaban J connectivity index is 2.52. The lowest BCUT2D eigenvalue weighted by atomic mass is 10.2. The van der Waals surface area contributed by atoms with Crippen LogP contribution in [0.5, 0.6) is 0 Å². The third-order valence-electron chi connectivity index (χ3n) is 3.07. The van der Waals surface area contributed by atoms with Gasteiger partial charge in [0.25, 0.3) is 0 Å². The predicted octanol–water partition coefficient (Wildman–Crippen LogP) is 2.88. The van der Waals surface area contributed by atoms with Crippen LogP contribution >= 0.6 is 11.6 Å². The molecule has 0 atom stereocenters. The van der Waals surface area contributed by atoms with Gasteiger partial charge < -0.3 is 9.47 Å². The molecule has 114 valence electrons. The minimum Gasteiger partial charge on any atom is -0.347 e. The van der Waals surface area contributed by atoms with Crippen LogP contribution < -0.4 is 0 Å². The van der Waals surface area contributed by atoms with Crippen LogP contribution in [0.4, 0.5) is 13.2 Å². The van der Waals surface area contributed by atoms with Crippen molar-refractivity contribution in [3.63, 3.8) is 0 Å². The Morgan fingerprint density at radius 2 is 2.05 bits per heavy atom. The van der Waals surface area contributed by atoms with Crippen molar-refractivity contribution in [3.05, 3.63) is 29.6 Å². The van der Waals surface area contributed by atoms with Gasteiger partial charge in [-0.1, -0.05) is 0 Å². The smallest absolute Gasteiger partial charge is 0.347 e. The maximum atomic E-state index is 12.7. The number of nitrogens with zero attached hydrogens (tertiary/aromatic N) is 3. The zero-order valence-electron chi connectivity index (χ0n) is 11.4. The number of imidazole rings is 1. The molecule has 0 unspecified atom stereocenters. The maximum absolute atomic E-state index is 12.7. The highest BCUT2D eigenvalue weighted by atomic mass is 35.5. The number of amides is 1. The molecule has 0 bridgehead atoms. The number of rotatable bonds is 3. The molecule has 2 rings (SSSR count). The zero-order valence-corrected chi connectivity index (χ0v) is 12.2. The second-order valence-electron chi connectivity index (χ2n) is 4.74. The van der Waals surface area contributed by atoms with Crippen molar-refractivity contribution in [1.82, 2.24) is 14.5 Å². The van der Waals surface area contributed by atoms with Crippen molar-refractivity contribution in [2.24, 2.45) is 0 Å². The molecule has 0 saturated carbocycles. The topological polar surface area (TPSA) is 38.1 Å². The van der Waals surface area contributed by atoms with Crippen molar-refractivity contribution in [3.8, 4) is 0 Å². The first-order valence-corrected chi connectivity index (χ1v) is 6.60. The Labute approximate surface area is 124 Å². The molecule has 1 heterocycles. The van der Waals surface area contributed by atoms with Crippen molar-refractivity contribution >= 4 is 28.5 Å². The molecule has 4 nitrogen and oxygen atoms in total. The lowest BCUT2D eigenvalue weighted by Crippen LogP contribution is -2.26. The van der Waals surface area contributed by atoms with Crippen LogP contribution in [0, 0.1) is 0 Å². The lowest BCUT2D eigenvalue weighted by molar-refractivity contribution is -0.137. The average Bonchev–Trinajstić information content (AvgIpc) is 2.75. The zero-order chi connectivity index (χ0) is 15.8. The van der Waals surface area contributed by atoms with Crippen LogP contribution in [0.25, 0.3) is 11.0 Å². The number of alkyl halides is 4. The highest BCUT2D eigenvalue weighted by Gasteiger charge is 2.31. The number of halogens is 4. The Morgan fingerprint density at radius 1 is 1.38 bits per heavy atom. The monoisotopic (exact) mass is 319 g/mol. The minimum atomic E-state index is -4.43. The number of hydrogen-bond acceptors (Lipinski definition) is 2. The van der Waals surface area contributed by atoms with E-state index in [9.17, 15) is 18.0 Å². The summed E-state index contributed by atoms with van der Waals surface area (Å²) in [5.74, 6) is 0.179. The minimum absolute atomic E-state index is 0.0107. The van der Waals surface area contributed by atoms with Crippen molar-refractivity contribution < 1.29 is 18.0 Å². The molecule has 0 radical (unpaired) electrons. The maximum Gasteiger partial charge on any atom is 0.416 e. The number of likely N-dealkylation sites (N-methyl/N-ethyl adjacent to an activating group) is 1. The molecule has 1 amide bonds. The van der Waals surface area contributed by atoms with E-state index in [2.05, 4.69) is 4.98 Å². The standard InChI is InChI=1S/C13H13ClF3N3O/c1-19(2)12(21)7-20-10-4-3-8(13(15,16)17)5-9(10)18-11(20)6-14/h3-5H,6-7H2,1-2H3. The van der Waals surface area contributed by atoms with Gasteiger partial charge in [0.2, 0.25) is 5.91 Å². The van der Waals surface area contributed by atoms with Gasteiger partial charge in [0.05, 0.1) is 22.5 Å². The van der Waals surface area contributed by atoms with E-state index in [-0.39, 0.29) is 23.8 Å². The van der Waals surface area contributed by atoms with Gasteiger partial charge in [0.15, 0.2) is 0 Å². The van der Waals surface area contributed by atoms with Crippen molar-refractivity contribution in [2.45, 2.75) is 18.6 Å². The quantitative estimate of drug-likeness (QED) is 0.816. The lowest BCUT2D eigenvalue weighted by Gasteiger charge is -2.13. The van der Waals surface area contributed by atoms with Crippen LogP contribution in [0.1, 0.15) is 11.4 Å². The third kappa shape index (κ3) is 3.12. The Hall–Kier alpha value is -1.76. The molecule has 1 aromatic carbocycles. The van der Waals surface area contributed by atoms with E-state index in [0.717, 1.165) is 12.1 Å². The molecule has 0 aliphatic rings. The Bertz CT molecular complexity index is 679. The predicted molar refractivity (Wildman–Crippen MR) is 73.0 cm³/mol. The number of aromatic nitrogens is 2. The molecule has 0 saturated heterocycles. The second kappa shape index (κ2) is 5.55. The van der Waals surface area contributed by atoms with E-state index in [0.29, 0.717) is 11.3 Å². The number of benzene rings is 1. The molecule has 1 aromatic heterocycles. The summed E-state index contributed by atoms with van der Waals surface area (Å²) in [6, 6.07) is 3.24. The number of carbonyl (C=O) groups excluding carboxylic acids is 1. The first-order chi connectivity index (χ1) is 9.74. The third-order valence-corrected chi connectivity index (χ3v) is 3.31. The first-order valence-electron chi connectivity index (χ1n) is 6.06. The largest absolute Gasteiger partial charge is 0.416 e. The van der Waals surface area contributed by atoms with E-state index >= 15 is 0 Å². The molecule has 8 heteroatoms. The summed E-state index contributed by atoms with van der Waals surface area (Å²) in [7, 11) is 3.20. The summed E-state index contributed by atoms with van der Waals surface area (Å²) in [5.41, 5.74) is -0.152. The van der Waals surface area contributed by atoms with Crippen LogP contribution in [0.3, 0.4) is 0 Å². The van der Waals surface area contributed by atoms with Gasteiger partial charge in [-0.05, 0) is 18.2 Å². The normalized spacial score (nSPS) is 11.9. The van der Waals surface area contributed by atoms with Gasteiger partial charge in [-0.2, -0.15) is 13.2 Å². The fraction of sp³-hybridized carbons (Fsp3) is 0.385. The number of carbonyl (C=O) groups is 1. The first kappa shape index (κ1) is 15.6. The second-order valence-corrected chi connectivity index (χ2v) is 5.00. The van der Waals surface area contributed by atoms with Gasteiger partial charge in [-0.3, -0.25) is 4.79 Å². The number of hydrogen-bond donors (Lipinski definition) is 0. The van der Waals surface area contributed by atoms with Gasteiger partial charge in [0, 0.05) is 14.1 Å². The van der Waals surface area contributed by atoms with Gasteiger partial charge in [-0.25, -0.2) is 4.98 Å². The van der Waals surface area contributed by atoms with E-state index in [4.69, 9.17) is 11.6 Å². The summed E-state index contributed by atoms with van der Waals surface area (Å²) < 4.78 is 39.6. The van der Waals surface area contributed by atoms with Gasteiger partial charge >= 0.3 is 6.18 Å². The van der Waals surface area contributed by atoms with E-state index in [1.807, 2.05) is 0 Å². The summed E-state index contributed by atoms with van der Waals surface area (Å²) in [4.78, 5) is 17.3. The van der Waals surface area contributed by atoms with Crippen LogP contribution in [-0.2, 0) is 23.4 Å². The molecule has 0 N–H and O–H groups in total. The van der Waals surface area contributed by atoms with E-state index in [1.54, 1.807) is 14.1 Å². The fourth-order valence-corrected chi connectivity index (χ4v) is 2.12. The SMILES string of the molecule is CN(C)C(=O)Cn1c(CCl)nc2cc(C(F)(F)F)ccc21. The molecule has 0 aliphatic carbocycles. The van der Waals surface area contributed by atoms with Crippen LogP contribution in [0.15, 0.2) is 18.2 Å². The summed E-state index contributed by atoms with van der Waals surface area (Å²) in [5, 5.41) is 0. The highest BCUT2D eigenvalue weighted by Crippen LogP contribution is 2.31. The summed E-state index contributed by atoms with van der Waals surface area (Å²) in [6.07, 6.45) is -4.43. The molecule has 2 aromatic rings. The summed E-state index contributed by atoms with van der Waals surface area (Å²) in [6.45, 7) is -0.0169.